The predicted octanol–water partition coefficient (Wildman–Crippen LogP) is 19.7. The Hall–Kier alpha value is -9.29. The molecule has 372 valence electrons. The average Bonchev–Trinajstić information content (AvgIpc) is 4.11. The number of benzene rings is 10. The molecule has 0 saturated carbocycles. The van der Waals surface area contributed by atoms with Crippen molar-refractivity contribution < 1.29 is 0 Å². The van der Waals surface area contributed by atoms with Crippen LogP contribution in [0.25, 0.3) is 117 Å². The van der Waals surface area contributed by atoms with E-state index in [-0.39, 0.29) is 5.41 Å². The van der Waals surface area contributed by atoms with Crippen LogP contribution in [0.3, 0.4) is 0 Å². The molecule has 0 spiro atoms. The molecule has 0 aliphatic heterocycles. The van der Waals surface area contributed by atoms with Crippen molar-refractivity contribution >= 4 is 48.9 Å². The van der Waals surface area contributed by atoms with E-state index in [1.54, 1.807) is 0 Å². The highest BCUT2D eigenvalue weighted by Gasteiger charge is 2.36. The molecule has 2 heterocycles. The molecule has 12 aromatic rings. The third-order valence-electron chi connectivity index (χ3n) is 15.3. The van der Waals surface area contributed by atoms with Crippen LogP contribution in [0.5, 0.6) is 0 Å². The van der Waals surface area contributed by atoms with Crippen LogP contribution in [-0.4, -0.2) is 19.5 Å². The number of hydrogen-bond donors (Lipinski definition) is 0. The second-order valence-corrected chi connectivity index (χ2v) is 21.5. The van der Waals surface area contributed by atoms with E-state index < -0.39 is 0 Å². The van der Waals surface area contributed by atoms with Crippen molar-refractivity contribution in [3.8, 4) is 84.1 Å². The van der Waals surface area contributed by atoms with Crippen molar-refractivity contribution in [1.29, 1.82) is 0 Å². The van der Waals surface area contributed by atoms with Crippen LogP contribution in [0.15, 0.2) is 266 Å². The molecule has 13 rings (SSSR count). The van der Waals surface area contributed by atoms with Gasteiger partial charge in [0.2, 0.25) is 5.95 Å². The molecule has 0 N–H and O–H groups in total. The first-order valence-electron chi connectivity index (χ1n) is 26.5. The lowest BCUT2D eigenvalue weighted by Gasteiger charge is -2.21. The first-order valence-corrected chi connectivity index (χ1v) is 27.3. The lowest BCUT2D eigenvalue weighted by Crippen LogP contribution is -2.15. The normalized spacial score (nSPS) is 12.8. The minimum Gasteiger partial charge on any atom is -0.278 e. The van der Waals surface area contributed by atoms with Gasteiger partial charge in [-0.25, -0.2) is 4.98 Å². The van der Waals surface area contributed by atoms with Gasteiger partial charge < -0.3 is 0 Å². The number of fused-ring (bicyclic) bond motifs is 6. The number of aromatic nitrogens is 4. The summed E-state index contributed by atoms with van der Waals surface area (Å²) in [6.07, 6.45) is 6.25. The molecule has 1 aliphatic rings. The second-order valence-electron chi connectivity index (χ2n) is 20.6. The number of allylic oxidation sites excluding steroid dienone is 5. The van der Waals surface area contributed by atoms with E-state index in [0.29, 0.717) is 17.6 Å². The molecular weight excluding hydrogens is 1010 g/mol. The Morgan fingerprint density at radius 1 is 0.449 bits per heavy atom. The smallest absolute Gasteiger partial charge is 0.238 e. The Bertz CT molecular complexity index is 4240. The molecule has 0 radical (unpaired) electrons. The number of hydrogen-bond acceptors (Lipinski definition) is 3. The minimum absolute atomic E-state index is 0.226. The van der Waals surface area contributed by atoms with Crippen LogP contribution in [0.4, 0.5) is 0 Å². The SMILES string of the molecule is C=C(/C=C(\C=C/C)c1nc(-c2cccc(-c3cc(-c4ccccc4)cc(-c4ccccc4)c3)c2)nc(-n2c3ccc(Br)cc3c3cc4c(cc32)C(C)(C)c2ccccc2-4)n1)c1cc(-c2ccccc2)cc(-c2ccccc2)c1. The molecule has 4 nitrogen and oxygen atoms in total. The van der Waals surface area contributed by atoms with Gasteiger partial charge >= 0.3 is 0 Å². The van der Waals surface area contributed by atoms with Crippen LogP contribution in [0.2, 0.25) is 0 Å². The van der Waals surface area contributed by atoms with E-state index in [9.17, 15) is 0 Å². The third-order valence-corrected chi connectivity index (χ3v) is 15.8. The van der Waals surface area contributed by atoms with Gasteiger partial charge in [0.05, 0.1) is 11.0 Å². The summed E-state index contributed by atoms with van der Waals surface area (Å²) in [5.74, 6) is 1.60. The molecular formula is C73H53BrN4. The Kier molecular flexibility index (Phi) is 12.4. The van der Waals surface area contributed by atoms with Gasteiger partial charge in [-0.05, 0) is 175 Å². The maximum atomic E-state index is 5.53. The standard InChI is InChI=1S/C73H53BrN4/c1-5-21-53(36-47(2)55-38-56(48-22-10-6-11-23-48)40-57(39-55)49-24-12-7-13-25-49)70-75-71(54-31-20-30-52(37-54)60-42-58(50-26-14-8-15-27-50)41-59(43-60)51-28-16-9-17-29-51)77-72(76-70)78-68-35-34-61(74)44-64(68)65-45-63-62-32-18-19-33-66(62)73(3,4)67(63)46-69(65)78/h5-46H,2H2,1,3-4H3/b21-5-,53-36+. The zero-order chi connectivity index (χ0) is 52.9. The maximum Gasteiger partial charge on any atom is 0.238 e. The number of nitrogens with zero attached hydrogens (tertiary/aromatic N) is 4. The molecule has 0 atom stereocenters. The molecule has 1 aliphatic carbocycles. The van der Waals surface area contributed by atoms with Gasteiger partial charge in [-0.3, -0.25) is 4.57 Å². The highest BCUT2D eigenvalue weighted by atomic mass is 79.9. The van der Waals surface area contributed by atoms with Crippen LogP contribution in [0.1, 0.15) is 43.3 Å². The van der Waals surface area contributed by atoms with E-state index in [1.165, 1.54) is 22.3 Å². The lowest BCUT2D eigenvalue weighted by molar-refractivity contribution is 0.661. The van der Waals surface area contributed by atoms with Crippen molar-refractivity contribution in [2.75, 3.05) is 0 Å². The van der Waals surface area contributed by atoms with Crippen molar-refractivity contribution in [3.05, 3.63) is 288 Å². The summed E-state index contributed by atoms with van der Waals surface area (Å²) in [6, 6.07) is 84.6. The van der Waals surface area contributed by atoms with E-state index in [1.807, 2.05) is 13.0 Å². The average molecular weight is 1070 g/mol. The first-order chi connectivity index (χ1) is 38.2. The molecule has 0 amide bonds. The highest BCUT2D eigenvalue weighted by Crippen LogP contribution is 2.51. The van der Waals surface area contributed by atoms with E-state index in [0.717, 1.165) is 104 Å². The fourth-order valence-electron chi connectivity index (χ4n) is 11.4. The molecule has 10 aromatic carbocycles. The fourth-order valence-corrected chi connectivity index (χ4v) is 11.8. The Labute approximate surface area is 464 Å². The third kappa shape index (κ3) is 8.92. The molecule has 2 aromatic heterocycles. The van der Waals surface area contributed by atoms with E-state index in [4.69, 9.17) is 21.5 Å². The van der Waals surface area contributed by atoms with Gasteiger partial charge in [0.25, 0.3) is 0 Å². The minimum atomic E-state index is -0.226. The zero-order valence-corrected chi connectivity index (χ0v) is 45.2. The summed E-state index contributed by atoms with van der Waals surface area (Å²) in [4.78, 5) is 16.5. The molecule has 0 fully saturated rings. The van der Waals surface area contributed by atoms with Gasteiger partial charge in [0.1, 0.15) is 0 Å². The summed E-state index contributed by atoms with van der Waals surface area (Å²) < 4.78 is 3.24. The highest BCUT2D eigenvalue weighted by molar-refractivity contribution is 9.10. The van der Waals surface area contributed by atoms with Crippen LogP contribution >= 0.6 is 15.9 Å². The van der Waals surface area contributed by atoms with Gasteiger partial charge in [0, 0.05) is 31.8 Å². The van der Waals surface area contributed by atoms with Gasteiger partial charge in [-0.1, -0.05) is 212 Å². The fraction of sp³-hybridized carbons (Fsp3) is 0.0548. The quantitative estimate of drug-likeness (QED) is 0.121. The summed E-state index contributed by atoms with van der Waals surface area (Å²) in [6.45, 7) is 11.5. The van der Waals surface area contributed by atoms with Gasteiger partial charge in [0.15, 0.2) is 11.6 Å². The monoisotopic (exact) mass is 1060 g/mol. The first kappa shape index (κ1) is 48.4. The number of rotatable bonds is 11. The number of halogens is 1. The Morgan fingerprint density at radius 3 is 1.54 bits per heavy atom. The maximum absolute atomic E-state index is 5.53. The predicted molar refractivity (Wildman–Crippen MR) is 330 cm³/mol. The summed E-state index contributed by atoms with van der Waals surface area (Å²) in [7, 11) is 0. The van der Waals surface area contributed by atoms with Crippen molar-refractivity contribution in [3.63, 3.8) is 0 Å². The molecule has 5 heteroatoms. The zero-order valence-electron chi connectivity index (χ0n) is 43.6. The molecule has 0 saturated heterocycles. The molecule has 0 bridgehead atoms. The summed E-state index contributed by atoms with van der Waals surface area (Å²) >= 11 is 3.84. The largest absolute Gasteiger partial charge is 0.278 e. The molecule has 78 heavy (non-hydrogen) atoms. The lowest BCUT2D eigenvalue weighted by atomic mass is 9.82. The molecule has 0 unspecified atom stereocenters. The van der Waals surface area contributed by atoms with E-state index >= 15 is 0 Å². The van der Waals surface area contributed by atoms with Crippen molar-refractivity contribution in [2.45, 2.75) is 26.2 Å². The van der Waals surface area contributed by atoms with Crippen molar-refractivity contribution in [1.82, 2.24) is 19.5 Å². The van der Waals surface area contributed by atoms with Crippen molar-refractivity contribution in [2.24, 2.45) is 0 Å². The second kappa shape index (κ2) is 20.0. The van der Waals surface area contributed by atoms with Crippen LogP contribution in [0, 0.1) is 0 Å². The Balaban J connectivity index is 1.03. The van der Waals surface area contributed by atoms with E-state index in [2.05, 4.69) is 283 Å². The topological polar surface area (TPSA) is 43.6 Å². The van der Waals surface area contributed by atoms with Gasteiger partial charge in [-0.2, -0.15) is 9.97 Å². The Morgan fingerprint density at radius 2 is 0.949 bits per heavy atom. The summed E-state index contributed by atoms with van der Waals surface area (Å²) in [5.41, 5.74) is 21.7. The van der Waals surface area contributed by atoms with Crippen LogP contribution in [-0.2, 0) is 5.41 Å². The summed E-state index contributed by atoms with van der Waals surface area (Å²) in [5, 5.41) is 2.23. The van der Waals surface area contributed by atoms with Gasteiger partial charge in [-0.15, -0.1) is 0 Å². The van der Waals surface area contributed by atoms with Crippen LogP contribution < -0.4 is 0 Å².